The Balaban J connectivity index is 2.05. The summed E-state index contributed by atoms with van der Waals surface area (Å²) in [7, 11) is 0. The lowest BCUT2D eigenvalue weighted by Gasteiger charge is -2.27. The molecule has 0 N–H and O–H groups in total. The first-order valence-corrected chi connectivity index (χ1v) is 6.43. The first-order chi connectivity index (χ1) is 7.62. The van der Waals surface area contributed by atoms with Crippen LogP contribution in [0.5, 0.6) is 0 Å². The molecule has 0 heterocycles. The first kappa shape index (κ1) is 11.6. The van der Waals surface area contributed by atoms with Crippen LogP contribution < -0.4 is 0 Å². The number of fused-ring (bicyclic) bond motifs is 1. The highest BCUT2D eigenvalue weighted by Gasteiger charge is 2.62. The Kier molecular flexibility index (Phi) is 3.00. The number of allylic oxidation sites excluding steroid dienone is 1. The highest BCUT2D eigenvalue weighted by molar-refractivity contribution is 5.15. The van der Waals surface area contributed by atoms with Crippen molar-refractivity contribution in [1.82, 2.24) is 0 Å². The summed E-state index contributed by atoms with van der Waals surface area (Å²) in [6.45, 7) is 8.45. The van der Waals surface area contributed by atoms with Crippen LogP contribution in [0.3, 0.4) is 0 Å². The van der Waals surface area contributed by atoms with Crippen LogP contribution in [-0.2, 0) is 0 Å². The van der Waals surface area contributed by atoms with Crippen LogP contribution in [-0.4, -0.2) is 0 Å². The van der Waals surface area contributed by atoms with Crippen molar-refractivity contribution in [2.24, 2.45) is 29.1 Å². The van der Waals surface area contributed by atoms with Gasteiger partial charge in [0.2, 0.25) is 0 Å². The Labute approximate surface area is 99.8 Å². The molecule has 0 aromatic heterocycles. The zero-order chi connectivity index (χ0) is 11.8. The zero-order valence-electron chi connectivity index (χ0n) is 10.5. The molecule has 16 heavy (non-hydrogen) atoms. The molecule has 0 radical (unpaired) electrons. The number of hydrogen-bond donors (Lipinski definition) is 0. The molecule has 0 aromatic carbocycles. The Morgan fingerprint density at radius 3 is 2.81 bits per heavy atom. The van der Waals surface area contributed by atoms with E-state index < -0.39 is 0 Å². The van der Waals surface area contributed by atoms with Gasteiger partial charge in [-0.1, -0.05) is 20.4 Å². The lowest BCUT2D eigenvalue weighted by Crippen LogP contribution is -2.21. The number of rotatable bonds is 3. The fourth-order valence-electron chi connectivity index (χ4n) is 3.98. The van der Waals surface area contributed by atoms with Gasteiger partial charge in [0.1, 0.15) is 0 Å². The second-order valence-electron chi connectivity index (χ2n) is 5.95. The maximum Gasteiger partial charge on any atom is 0.0231 e. The molecule has 86 valence electrons. The van der Waals surface area contributed by atoms with E-state index in [1.807, 2.05) is 6.08 Å². The van der Waals surface area contributed by atoms with Crippen molar-refractivity contribution in [3.8, 4) is 12.3 Å². The maximum atomic E-state index is 5.68. The van der Waals surface area contributed by atoms with Gasteiger partial charge < -0.3 is 0 Å². The molecular weight excluding hydrogens is 192 g/mol. The molecule has 0 aromatic rings. The summed E-state index contributed by atoms with van der Waals surface area (Å²) in [6.07, 6.45) is 12.6. The van der Waals surface area contributed by atoms with Gasteiger partial charge in [0.25, 0.3) is 0 Å². The van der Waals surface area contributed by atoms with E-state index in [1.54, 1.807) is 0 Å². The summed E-state index contributed by atoms with van der Waals surface area (Å²) in [5, 5.41) is 0. The van der Waals surface area contributed by atoms with Crippen molar-refractivity contribution in [3.63, 3.8) is 0 Å². The van der Waals surface area contributed by atoms with Crippen molar-refractivity contribution in [2.45, 2.75) is 39.5 Å². The first-order valence-electron chi connectivity index (χ1n) is 6.43. The van der Waals surface area contributed by atoms with Crippen LogP contribution in [0.1, 0.15) is 39.5 Å². The molecule has 2 saturated carbocycles. The summed E-state index contributed by atoms with van der Waals surface area (Å²) < 4.78 is 0. The summed E-state index contributed by atoms with van der Waals surface area (Å²) in [5.74, 6) is 6.10. The Morgan fingerprint density at radius 2 is 2.19 bits per heavy atom. The molecule has 2 aliphatic rings. The van der Waals surface area contributed by atoms with Gasteiger partial charge in [0, 0.05) is 5.92 Å². The molecule has 0 amide bonds. The lowest BCUT2D eigenvalue weighted by atomic mass is 9.77. The van der Waals surface area contributed by atoms with E-state index in [9.17, 15) is 0 Å². The van der Waals surface area contributed by atoms with E-state index in [4.69, 9.17) is 6.42 Å². The zero-order valence-corrected chi connectivity index (χ0v) is 10.5. The third-order valence-electron chi connectivity index (χ3n) is 4.91. The summed E-state index contributed by atoms with van der Waals surface area (Å²) in [5.41, 5.74) is 3.41. The van der Waals surface area contributed by atoms with Crippen molar-refractivity contribution in [3.05, 3.63) is 18.4 Å². The molecule has 0 aliphatic heterocycles. The third kappa shape index (κ3) is 1.74. The molecular formula is C16H22. The second kappa shape index (κ2) is 4.15. The minimum atomic E-state index is 0.515. The van der Waals surface area contributed by atoms with Crippen LogP contribution in [0.15, 0.2) is 18.4 Å². The maximum absolute atomic E-state index is 5.68. The smallest absolute Gasteiger partial charge is 0.0231 e. The van der Waals surface area contributed by atoms with E-state index in [-0.39, 0.29) is 0 Å². The molecule has 0 nitrogen and oxygen atoms in total. The van der Waals surface area contributed by atoms with E-state index in [0.29, 0.717) is 11.3 Å². The third-order valence-corrected chi connectivity index (χ3v) is 4.91. The Morgan fingerprint density at radius 1 is 1.44 bits per heavy atom. The molecule has 4 unspecified atom stereocenters. The number of hydrogen-bond acceptors (Lipinski definition) is 0. The van der Waals surface area contributed by atoms with Crippen molar-refractivity contribution < 1.29 is 0 Å². The second-order valence-corrected chi connectivity index (χ2v) is 5.95. The van der Waals surface area contributed by atoms with Gasteiger partial charge in [0.15, 0.2) is 0 Å². The van der Waals surface area contributed by atoms with Crippen molar-refractivity contribution in [2.75, 3.05) is 0 Å². The molecule has 0 saturated heterocycles. The summed E-state index contributed by atoms with van der Waals surface area (Å²) in [6, 6.07) is 0. The van der Waals surface area contributed by atoms with Crippen LogP contribution in [0.25, 0.3) is 0 Å². The van der Waals surface area contributed by atoms with Gasteiger partial charge >= 0.3 is 0 Å². The van der Waals surface area contributed by atoms with Gasteiger partial charge in [-0.15, -0.1) is 18.1 Å². The molecule has 2 fully saturated rings. The van der Waals surface area contributed by atoms with Crippen LogP contribution >= 0.6 is 0 Å². The van der Waals surface area contributed by atoms with E-state index in [1.165, 1.54) is 19.3 Å². The predicted molar refractivity (Wildman–Crippen MR) is 68.8 cm³/mol. The average Bonchev–Trinajstić information content (AvgIpc) is 2.82. The van der Waals surface area contributed by atoms with Gasteiger partial charge in [-0.05, 0) is 54.9 Å². The topological polar surface area (TPSA) is 0 Å². The molecule has 2 rings (SSSR count). The molecule has 2 aliphatic carbocycles. The van der Waals surface area contributed by atoms with Gasteiger partial charge in [-0.2, -0.15) is 0 Å². The quantitative estimate of drug-likeness (QED) is 0.491. The highest BCUT2D eigenvalue weighted by atomic mass is 14.7. The van der Waals surface area contributed by atoms with Crippen molar-refractivity contribution >= 4 is 0 Å². The average molecular weight is 214 g/mol. The fourth-order valence-corrected chi connectivity index (χ4v) is 3.98. The monoisotopic (exact) mass is 214 g/mol. The highest BCUT2D eigenvalue weighted by Crippen LogP contribution is 2.68. The van der Waals surface area contributed by atoms with Crippen LogP contribution in [0.2, 0.25) is 0 Å². The van der Waals surface area contributed by atoms with Gasteiger partial charge in [0.05, 0.1) is 0 Å². The molecule has 0 spiro atoms. The van der Waals surface area contributed by atoms with Crippen molar-refractivity contribution in [1.29, 1.82) is 0 Å². The minimum absolute atomic E-state index is 0.515. The lowest BCUT2D eigenvalue weighted by molar-refractivity contribution is 0.252. The van der Waals surface area contributed by atoms with Crippen LogP contribution in [0.4, 0.5) is 0 Å². The molecule has 0 bridgehead atoms. The van der Waals surface area contributed by atoms with Gasteiger partial charge in [-0.3, -0.25) is 0 Å². The van der Waals surface area contributed by atoms with E-state index >= 15 is 0 Å². The SMILES string of the molecule is C#CC1CCC2C(C1CCC=C=C)C2(C)C. The predicted octanol–water partition coefficient (Wildman–Crippen LogP) is 4.04. The fraction of sp³-hybridized carbons (Fsp3) is 0.688. The van der Waals surface area contributed by atoms with Gasteiger partial charge in [-0.25, -0.2) is 0 Å². The molecule has 0 heteroatoms. The summed E-state index contributed by atoms with van der Waals surface area (Å²) in [4.78, 5) is 0. The number of terminal acetylenes is 1. The molecule has 4 atom stereocenters. The van der Waals surface area contributed by atoms with Crippen LogP contribution in [0, 0.1) is 41.4 Å². The minimum Gasteiger partial charge on any atom is -0.133 e. The Hall–Kier alpha value is -0.920. The normalized spacial score (nSPS) is 39.1. The summed E-state index contributed by atoms with van der Waals surface area (Å²) >= 11 is 0. The van der Waals surface area contributed by atoms with E-state index in [2.05, 4.69) is 32.1 Å². The standard InChI is InChI=1S/C16H22/c1-5-7-8-9-13-12(6-2)10-11-14-15(13)16(14,3)4/h2,7,12-15H,1,8-11H2,3-4H3. The largest absolute Gasteiger partial charge is 0.133 e. The Bertz CT molecular complexity index is 349. The van der Waals surface area contributed by atoms with E-state index in [0.717, 1.165) is 24.2 Å².